The zero-order valence-corrected chi connectivity index (χ0v) is 28.4. The Balaban J connectivity index is 1.21. The van der Waals surface area contributed by atoms with Crippen LogP contribution >= 0.6 is 0 Å². The summed E-state index contributed by atoms with van der Waals surface area (Å²) in [6.45, 7) is 10.4. The summed E-state index contributed by atoms with van der Waals surface area (Å²) in [6.07, 6.45) is -2.41. The molecule has 5 rings (SSSR count). The second-order valence-corrected chi connectivity index (χ2v) is 14.3. The van der Waals surface area contributed by atoms with Crippen molar-refractivity contribution in [2.75, 3.05) is 40.0 Å². The highest BCUT2D eigenvalue weighted by Gasteiger charge is 2.71. The van der Waals surface area contributed by atoms with Crippen LogP contribution in [-0.2, 0) is 42.4 Å². The molecule has 11 nitrogen and oxygen atoms in total. The number of benzene rings is 2. The van der Waals surface area contributed by atoms with Crippen LogP contribution in [0.5, 0.6) is 0 Å². The fourth-order valence-electron chi connectivity index (χ4n) is 6.83. The number of aliphatic hydroxyl groups is 4. The minimum atomic E-state index is -1.75. The molecule has 3 aliphatic rings. The van der Waals surface area contributed by atoms with Gasteiger partial charge in [-0.3, -0.25) is 9.59 Å². The number of aliphatic hydroxyl groups excluding tert-OH is 3. The van der Waals surface area contributed by atoms with E-state index >= 15 is 0 Å². The summed E-state index contributed by atoms with van der Waals surface area (Å²) in [5.74, 6) is -1.88. The Morgan fingerprint density at radius 2 is 1.62 bits per heavy atom. The highest BCUT2D eigenvalue weighted by Crippen LogP contribution is 2.53. The predicted molar refractivity (Wildman–Crippen MR) is 173 cm³/mol. The fraction of sp³-hybridized carbons (Fsp3) is 0.611. The van der Waals surface area contributed by atoms with Crippen molar-refractivity contribution in [2.45, 2.75) is 101 Å². The number of ether oxygens (including phenoxy) is 3. The zero-order chi connectivity index (χ0) is 34.4. The lowest BCUT2D eigenvalue weighted by molar-refractivity contribution is -0.348. The van der Waals surface area contributed by atoms with Crippen LogP contribution in [0.2, 0.25) is 0 Å². The molecule has 2 aromatic rings. The van der Waals surface area contributed by atoms with Crippen molar-refractivity contribution in [3.05, 3.63) is 70.3 Å². The van der Waals surface area contributed by atoms with E-state index in [1.165, 1.54) is 13.8 Å². The average Bonchev–Trinajstić information content (AvgIpc) is 3.45. The lowest BCUT2D eigenvalue weighted by Crippen LogP contribution is -2.70. The maximum absolute atomic E-state index is 13.1. The number of carbonyl (C=O) groups excluding carboxylic acids is 2. The first kappa shape index (κ1) is 35.4. The maximum atomic E-state index is 13.1. The van der Waals surface area contributed by atoms with Gasteiger partial charge in [0.2, 0.25) is 17.6 Å². The minimum Gasteiger partial charge on any atom is -0.387 e. The topological polar surface area (TPSA) is 149 Å². The molecule has 5 atom stereocenters. The molecular formula is C36H50N2O9. The molecule has 0 saturated carbocycles. The number of rotatable bonds is 10. The summed E-state index contributed by atoms with van der Waals surface area (Å²) in [5, 5.41) is 43.5. The molecule has 0 aliphatic carbocycles. The van der Waals surface area contributed by atoms with E-state index in [4.69, 9.17) is 14.2 Å². The van der Waals surface area contributed by atoms with Crippen LogP contribution in [0, 0.1) is 6.92 Å². The second kappa shape index (κ2) is 13.2. The van der Waals surface area contributed by atoms with Crippen LogP contribution in [0.25, 0.3) is 0 Å². The first-order chi connectivity index (χ1) is 22.0. The number of aryl methyl sites for hydroxylation is 2. The molecule has 2 aromatic carbocycles. The molecule has 11 heteroatoms. The first-order valence-corrected chi connectivity index (χ1v) is 16.5. The maximum Gasteiger partial charge on any atom is 0.248 e. The van der Waals surface area contributed by atoms with Gasteiger partial charge in [0.25, 0.3) is 0 Å². The van der Waals surface area contributed by atoms with E-state index in [2.05, 4.69) is 24.3 Å². The third-order valence-corrected chi connectivity index (χ3v) is 10.4. The molecule has 0 spiro atoms. The van der Waals surface area contributed by atoms with Gasteiger partial charge in [0.1, 0.15) is 23.9 Å². The number of carbonyl (C=O) groups is 2. The van der Waals surface area contributed by atoms with Gasteiger partial charge in [-0.1, -0.05) is 36.4 Å². The third kappa shape index (κ3) is 6.47. The van der Waals surface area contributed by atoms with Gasteiger partial charge in [0, 0.05) is 32.1 Å². The number of hydrogen-bond donors (Lipinski definition) is 4. The van der Waals surface area contributed by atoms with Crippen LogP contribution in [0.4, 0.5) is 0 Å². The first-order valence-electron chi connectivity index (χ1n) is 16.5. The molecule has 4 N–H and O–H groups in total. The molecule has 3 saturated heterocycles. The highest BCUT2D eigenvalue weighted by atomic mass is 16.8. The van der Waals surface area contributed by atoms with Crippen LogP contribution in [0.15, 0.2) is 42.5 Å². The van der Waals surface area contributed by atoms with Gasteiger partial charge >= 0.3 is 0 Å². The number of hydrogen-bond acceptors (Lipinski definition) is 9. The van der Waals surface area contributed by atoms with Crippen molar-refractivity contribution in [3.63, 3.8) is 0 Å². The van der Waals surface area contributed by atoms with Gasteiger partial charge in [0.15, 0.2) is 5.60 Å². The lowest BCUT2D eigenvalue weighted by atomic mass is 9.75. The van der Waals surface area contributed by atoms with Crippen molar-refractivity contribution in [3.8, 4) is 0 Å². The zero-order valence-electron chi connectivity index (χ0n) is 28.4. The van der Waals surface area contributed by atoms with E-state index in [-0.39, 0.29) is 18.4 Å². The largest absolute Gasteiger partial charge is 0.387 e. The van der Waals surface area contributed by atoms with E-state index < -0.39 is 40.8 Å². The number of likely N-dealkylation sites (N-methyl/N-ethyl adjacent to an activating group) is 1. The third-order valence-electron chi connectivity index (χ3n) is 10.4. The van der Waals surface area contributed by atoms with Crippen molar-refractivity contribution in [1.29, 1.82) is 0 Å². The Hall–Kier alpha value is -2.90. The molecule has 2 bridgehead atoms. The number of fused-ring (bicyclic) bond motifs is 2. The standard InChI is InChI=1S/C36H50N2O9/c1-23-10-15-27(36-31(42)29(40)30(41)35(47-36,22-46-36)34(4,5)44)21-26(23)20-25-13-11-24(12-14-25)8-7-9-28(39)37(6)33(2,3)32(43)38-16-18-45-19-17-38/h10-15,21,29-31,40-42,44H,7-9,16-20,22H2,1-6H3/t29-,30-,31+,35-,36-/m0/s1. The second-order valence-electron chi connectivity index (χ2n) is 14.3. The van der Waals surface area contributed by atoms with Gasteiger partial charge in [-0.2, -0.15) is 0 Å². The highest BCUT2D eigenvalue weighted by molar-refractivity contribution is 5.90. The van der Waals surface area contributed by atoms with Gasteiger partial charge < -0.3 is 44.4 Å². The summed E-state index contributed by atoms with van der Waals surface area (Å²) in [4.78, 5) is 29.4. The molecule has 0 aromatic heterocycles. The average molecular weight is 655 g/mol. The van der Waals surface area contributed by atoms with Gasteiger partial charge in [-0.15, -0.1) is 0 Å². The van der Waals surface area contributed by atoms with E-state index in [1.54, 1.807) is 36.8 Å². The fourth-order valence-corrected chi connectivity index (χ4v) is 6.83. The van der Waals surface area contributed by atoms with Crippen molar-refractivity contribution >= 4 is 11.8 Å². The smallest absolute Gasteiger partial charge is 0.248 e. The molecule has 47 heavy (non-hydrogen) atoms. The number of morpholine rings is 1. The van der Waals surface area contributed by atoms with Crippen LogP contribution in [0.3, 0.4) is 0 Å². The van der Waals surface area contributed by atoms with Crippen LogP contribution < -0.4 is 0 Å². The Kier molecular flexibility index (Phi) is 9.94. The monoisotopic (exact) mass is 654 g/mol. The van der Waals surface area contributed by atoms with Crippen molar-refractivity contribution < 1.29 is 44.2 Å². The van der Waals surface area contributed by atoms with E-state index in [0.29, 0.717) is 51.1 Å². The minimum absolute atomic E-state index is 0.0653. The summed E-state index contributed by atoms with van der Waals surface area (Å²) in [7, 11) is 1.70. The molecule has 3 aliphatic heterocycles. The lowest BCUT2D eigenvalue weighted by Gasteiger charge is -2.50. The molecule has 258 valence electrons. The van der Waals surface area contributed by atoms with Crippen molar-refractivity contribution in [2.24, 2.45) is 0 Å². The van der Waals surface area contributed by atoms with Crippen LogP contribution in [0.1, 0.15) is 68.4 Å². The Morgan fingerprint density at radius 1 is 0.979 bits per heavy atom. The van der Waals surface area contributed by atoms with Gasteiger partial charge in [0.05, 0.1) is 25.4 Å². The van der Waals surface area contributed by atoms with E-state index in [9.17, 15) is 30.0 Å². The Labute approximate surface area is 277 Å². The van der Waals surface area contributed by atoms with Crippen LogP contribution in [-0.4, -0.2) is 117 Å². The summed E-state index contributed by atoms with van der Waals surface area (Å²) >= 11 is 0. The summed E-state index contributed by atoms with van der Waals surface area (Å²) in [6, 6.07) is 13.8. The van der Waals surface area contributed by atoms with Gasteiger partial charge in [-0.25, -0.2) is 0 Å². The Morgan fingerprint density at radius 3 is 2.26 bits per heavy atom. The van der Waals surface area contributed by atoms with E-state index in [1.807, 2.05) is 19.1 Å². The van der Waals surface area contributed by atoms with E-state index in [0.717, 1.165) is 28.7 Å². The SMILES string of the molecule is Cc1ccc([C@]23OC[C@](C(C)(C)O)(O2)[C@@H](O)[C@H](O)[C@H]3O)cc1Cc1ccc(CCCC(=O)N(C)C(C)(C)C(=O)N2CCOCC2)cc1. The quantitative estimate of drug-likeness (QED) is 0.301. The number of amides is 2. The molecule has 2 amide bonds. The molecule has 3 fully saturated rings. The molecule has 0 unspecified atom stereocenters. The number of nitrogens with zero attached hydrogens (tertiary/aromatic N) is 2. The molecule has 3 heterocycles. The Bertz CT molecular complexity index is 1450. The summed E-state index contributed by atoms with van der Waals surface area (Å²) < 4.78 is 17.6. The predicted octanol–water partition coefficient (Wildman–Crippen LogP) is 1.81. The summed E-state index contributed by atoms with van der Waals surface area (Å²) in [5.41, 5.74) is 0.516. The molecule has 0 radical (unpaired) electrons. The van der Waals surface area contributed by atoms with Gasteiger partial charge in [-0.05, 0) is 82.2 Å². The molecular weight excluding hydrogens is 604 g/mol. The van der Waals surface area contributed by atoms with Crippen molar-refractivity contribution in [1.82, 2.24) is 9.80 Å². The normalized spacial score (nSPS) is 28.0.